The molecule has 0 spiro atoms. The van der Waals surface area contributed by atoms with Crippen molar-refractivity contribution in [1.82, 2.24) is 10.3 Å². The minimum atomic E-state index is -3.69. The summed E-state index contributed by atoms with van der Waals surface area (Å²) in [5, 5.41) is 8.83. The van der Waals surface area contributed by atoms with E-state index in [9.17, 15) is 13.2 Å². The third-order valence-corrected chi connectivity index (χ3v) is 4.95. The lowest BCUT2D eigenvalue weighted by molar-refractivity contribution is 0.0950. The molecule has 1 amide bonds. The van der Waals surface area contributed by atoms with E-state index in [0.29, 0.717) is 24.4 Å². The Morgan fingerprint density at radius 2 is 1.88 bits per heavy atom. The molecule has 1 heterocycles. The number of sulfonamides is 1. The van der Waals surface area contributed by atoms with Crippen molar-refractivity contribution in [3.8, 4) is 5.75 Å². The Kier molecular flexibility index (Phi) is 4.97. The molecule has 7 nitrogen and oxygen atoms in total. The quantitative estimate of drug-likeness (QED) is 0.611. The van der Waals surface area contributed by atoms with Crippen LogP contribution in [0.3, 0.4) is 0 Å². The van der Waals surface area contributed by atoms with Gasteiger partial charge in [-0.05, 0) is 42.3 Å². The van der Waals surface area contributed by atoms with Gasteiger partial charge in [-0.3, -0.25) is 4.79 Å². The van der Waals surface area contributed by atoms with Gasteiger partial charge in [0.15, 0.2) is 0 Å². The molecule has 0 saturated heterocycles. The van der Waals surface area contributed by atoms with E-state index in [2.05, 4.69) is 10.3 Å². The zero-order valence-corrected chi connectivity index (χ0v) is 15.0. The van der Waals surface area contributed by atoms with E-state index in [1.54, 1.807) is 25.3 Å². The summed E-state index contributed by atoms with van der Waals surface area (Å²) in [7, 11) is -2.10. The molecule has 0 radical (unpaired) electrons. The van der Waals surface area contributed by atoms with E-state index in [-0.39, 0.29) is 10.8 Å². The molecule has 136 valence electrons. The number of carbonyl (C=O) groups is 1. The van der Waals surface area contributed by atoms with E-state index < -0.39 is 10.0 Å². The lowest BCUT2D eigenvalue weighted by Gasteiger charge is -2.05. The number of nitrogens with two attached hydrogens (primary N) is 1. The van der Waals surface area contributed by atoms with Gasteiger partial charge in [-0.1, -0.05) is 12.1 Å². The molecule has 3 aromatic rings. The van der Waals surface area contributed by atoms with Crippen molar-refractivity contribution >= 4 is 26.8 Å². The first-order valence-electron chi connectivity index (χ1n) is 7.93. The molecule has 4 N–H and O–H groups in total. The number of hydrogen-bond donors (Lipinski definition) is 3. The van der Waals surface area contributed by atoms with E-state index in [4.69, 9.17) is 9.88 Å². The third-order valence-electron chi connectivity index (χ3n) is 4.03. The number of aromatic amines is 1. The van der Waals surface area contributed by atoms with Gasteiger partial charge in [0.2, 0.25) is 10.0 Å². The predicted molar refractivity (Wildman–Crippen MR) is 98.7 cm³/mol. The van der Waals surface area contributed by atoms with Gasteiger partial charge in [0.1, 0.15) is 11.4 Å². The Labute approximate surface area is 151 Å². The van der Waals surface area contributed by atoms with Crippen LogP contribution in [0.2, 0.25) is 0 Å². The summed E-state index contributed by atoms with van der Waals surface area (Å²) in [5.41, 5.74) is 2.20. The van der Waals surface area contributed by atoms with Gasteiger partial charge in [-0.15, -0.1) is 0 Å². The molecule has 8 heteroatoms. The number of benzene rings is 2. The van der Waals surface area contributed by atoms with Crippen LogP contribution < -0.4 is 15.2 Å². The first-order chi connectivity index (χ1) is 12.4. The van der Waals surface area contributed by atoms with Gasteiger partial charge >= 0.3 is 0 Å². The first-order valence-corrected chi connectivity index (χ1v) is 9.48. The van der Waals surface area contributed by atoms with Gasteiger partial charge in [0, 0.05) is 23.5 Å². The standard InChI is InChI=1S/C18H19N3O4S/c1-25-14-5-4-13-10-17(21-16(13)11-14)18(22)20-9-8-12-2-6-15(7-3-12)26(19,23)24/h2-7,10-11,21H,8-9H2,1H3,(H,20,22)(H2,19,23,24). The summed E-state index contributed by atoms with van der Waals surface area (Å²) in [4.78, 5) is 15.4. The summed E-state index contributed by atoms with van der Waals surface area (Å²) >= 11 is 0. The monoisotopic (exact) mass is 373 g/mol. The second-order valence-electron chi connectivity index (χ2n) is 5.83. The van der Waals surface area contributed by atoms with E-state index >= 15 is 0 Å². The van der Waals surface area contributed by atoms with Gasteiger partial charge in [0.05, 0.1) is 12.0 Å². The molecule has 0 unspecified atom stereocenters. The van der Waals surface area contributed by atoms with E-state index in [0.717, 1.165) is 16.5 Å². The number of fused-ring (bicyclic) bond motifs is 1. The Morgan fingerprint density at radius 3 is 2.54 bits per heavy atom. The normalized spacial score (nSPS) is 11.5. The lowest BCUT2D eigenvalue weighted by Crippen LogP contribution is -2.25. The van der Waals surface area contributed by atoms with Gasteiger partial charge < -0.3 is 15.0 Å². The predicted octanol–water partition coefficient (Wildman–Crippen LogP) is 1.80. The number of rotatable bonds is 6. The van der Waals surface area contributed by atoms with Crippen molar-refractivity contribution in [2.75, 3.05) is 13.7 Å². The number of nitrogens with one attached hydrogen (secondary N) is 2. The molecular formula is C18H19N3O4S. The summed E-state index contributed by atoms with van der Waals surface area (Å²) in [6.45, 7) is 0.423. The van der Waals surface area contributed by atoms with Crippen LogP contribution >= 0.6 is 0 Å². The van der Waals surface area contributed by atoms with Gasteiger partial charge in [0.25, 0.3) is 5.91 Å². The first kappa shape index (κ1) is 18.0. The maximum absolute atomic E-state index is 12.3. The molecule has 1 aromatic heterocycles. The average molecular weight is 373 g/mol. The van der Waals surface area contributed by atoms with Crippen molar-refractivity contribution in [1.29, 1.82) is 0 Å². The lowest BCUT2D eigenvalue weighted by atomic mass is 10.1. The van der Waals surface area contributed by atoms with Crippen molar-refractivity contribution in [2.24, 2.45) is 5.14 Å². The van der Waals surface area contributed by atoms with Crippen LogP contribution in [0.1, 0.15) is 16.1 Å². The van der Waals surface area contributed by atoms with Crippen molar-refractivity contribution in [2.45, 2.75) is 11.3 Å². The Balaban J connectivity index is 1.60. The van der Waals surface area contributed by atoms with Crippen LogP contribution in [0.25, 0.3) is 10.9 Å². The highest BCUT2D eigenvalue weighted by atomic mass is 32.2. The molecule has 0 fully saturated rings. The zero-order valence-electron chi connectivity index (χ0n) is 14.2. The van der Waals surface area contributed by atoms with E-state index in [1.807, 2.05) is 18.2 Å². The topological polar surface area (TPSA) is 114 Å². The van der Waals surface area contributed by atoms with Crippen LogP contribution in [-0.4, -0.2) is 33.0 Å². The van der Waals surface area contributed by atoms with Crippen molar-refractivity contribution in [3.05, 3.63) is 59.8 Å². The van der Waals surface area contributed by atoms with E-state index in [1.165, 1.54) is 12.1 Å². The number of H-pyrrole nitrogens is 1. The minimum Gasteiger partial charge on any atom is -0.497 e. The minimum absolute atomic E-state index is 0.0683. The number of primary sulfonamides is 1. The average Bonchev–Trinajstić information content (AvgIpc) is 3.04. The van der Waals surface area contributed by atoms with Gasteiger partial charge in [-0.25, -0.2) is 13.6 Å². The van der Waals surface area contributed by atoms with Crippen molar-refractivity contribution < 1.29 is 17.9 Å². The second kappa shape index (κ2) is 7.19. The number of carbonyl (C=O) groups excluding carboxylic acids is 1. The smallest absolute Gasteiger partial charge is 0.267 e. The highest BCUT2D eigenvalue weighted by molar-refractivity contribution is 7.89. The number of hydrogen-bond acceptors (Lipinski definition) is 4. The molecule has 0 aliphatic heterocycles. The summed E-state index contributed by atoms with van der Waals surface area (Å²) in [6, 6.07) is 13.6. The molecule has 0 bridgehead atoms. The Morgan fingerprint density at radius 1 is 1.15 bits per heavy atom. The maximum Gasteiger partial charge on any atom is 0.267 e. The number of ether oxygens (including phenoxy) is 1. The van der Waals surface area contributed by atoms with Crippen LogP contribution in [0.5, 0.6) is 5.75 Å². The molecular weight excluding hydrogens is 354 g/mol. The molecule has 2 aromatic carbocycles. The summed E-state index contributed by atoms with van der Waals surface area (Å²) < 4.78 is 27.6. The summed E-state index contributed by atoms with van der Waals surface area (Å²) in [6.07, 6.45) is 0.574. The highest BCUT2D eigenvalue weighted by Gasteiger charge is 2.10. The molecule has 0 saturated carbocycles. The molecule has 0 atom stereocenters. The van der Waals surface area contributed by atoms with Gasteiger partial charge in [-0.2, -0.15) is 0 Å². The molecule has 0 aliphatic rings. The Bertz CT molecular complexity index is 1040. The molecule has 26 heavy (non-hydrogen) atoms. The Hall–Kier alpha value is -2.84. The maximum atomic E-state index is 12.3. The van der Waals surface area contributed by atoms with Crippen LogP contribution in [0.15, 0.2) is 53.4 Å². The highest BCUT2D eigenvalue weighted by Crippen LogP contribution is 2.21. The number of aromatic nitrogens is 1. The largest absolute Gasteiger partial charge is 0.497 e. The third kappa shape index (κ3) is 4.04. The number of amides is 1. The van der Waals surface area contributed by atoms with Crippen LogP contribution in [0, 0.1) is 0 Å². The molecule has 0 aliphatic carbocycles. The van der Waals surface area contributed by atoms with Crippen molar-refractivity contribution in [3.63, 3.8) is 0 Å². The summed E-state index contributed by atoms with van der Waals surface area (Å²) in [5.74, 6) is 0.510. The fourth-order valence-electron chi connectivity index (χ4n) is 2.62. The SMILES string of the molecule is COc1ccc2cc(C(=O)NCCc3ccc(S(N)(=O)=O)cc3)[nH]c2c1. The number of methoxy groups -OCH3 is 1. The van der Waals surface area contributed by atoms with Crippen LogP contribution in [-0.2, 0) is 16.4 Å². The zero-order chi connectivity index (χ0) is 18.7. The fraction of sp³-hybridized carbons (Fsp3) is 0.167. The second-order valence-corrected chi connectivity index (χ2v) is 7.39. The fourth-order valence-corrected chi connectivity index (χ4v) is 3.13. The molecule has 3 rings (SSSR count). The van der Waals surface area contributed by atoms with Crippen LogP contribution in [0.4, 0.5) is 0 Å².